The van der Waals surface area contributed by atoms with Gasteiger partial charge >= 0.3 is 0 Å². The number of hydrogen-bond donors (Lipinski definition) is 2. The second kappa shape index (κ2) is 7.37. The van der Waals surface area contributed by atoms with E-state index in [9.17, 15) is 13.2 Å². The van der Waals surface area contributed by atoms with Crippen LogP contribution in [0.15, 0.2) is 28.6 Å². The molecule has 2 aromatic rings. The lowest BCUT2D eigenvalue weighted by molar-refractivity contribution is -0.118. The first-order valence-corrected chi connectivity index (χ1v) is 9.73. The fraction of sp³-hybridized carbons (Fsp3) is 0.400. The van der Waals surface area contributed by atoms with Crippen LogP contribution in [0.5, 0.6) is 0 Å². The van der Waals surface area contributed by atoms with Gasteiger partial charge in [0, 0.05) is 12.0 Å². The average Bonchev–Trinajstić information content (AvgIpc) is 2.96. The molecule has 130 valence electrons. The first kappa shape index (κ1) is 18.5. The van der Waals surface area contributed by atoms with Gasteiger partial charge in [-0.3, -0.25) is 4.79 Å². The summed E-state index contributed by atoms with van der Waals surface area (Å²) in [7, 11) is -3.82. The molecule has 24 heavy (non-hydrogen) atoms. The molecule has 1 atom stereocenters. The molecule has 0 bridgehead atoms. The van der Waals surface area contributed by atoms with Crippen LogP contribution < -0.4 is 10.0 Å². The highest BCUT2D eigenvalue weighted by Crippen LogP contribution is 2.23. The van der Waals surface area contributed by atoms with Crippen LogP contribution in [0.2, 0.25) is 0 Å². The Kier molecular flexibility index (Phi) is 5.68. The van der Waals surface area contributed by atoms with E-state index < -0.39 is 16.1 Å². The number of benzene rings is 1. The fourth-order valence-electron chi connectivity index (χ4n) is 2.04. The Morgan fingerprint density at radius 2 is 1.83 bits per heavy atom. The van der Waals surface area contributed by atoms with Crippen LogP contribution in [0.4, 0.5) is 5.13 Å². The van der Waals surface area contributed by atoms with E-state index in [1.165, 1.54) is 0 Å². The molecular formula is C15H20N4O3S2. The normalized spacial score (nSPS) is 13.0. The van der Waals surface area contributed by atoms with E-state index in [-0.39, 0.29) is 21.3 Å². The maximum Gasteiger partial charge on any atom is 0.270 e. The summed E-state index contributed by atoms with van der Waals surface area (Å²) in [6.45, 7) is 7.16. The zero-order valence-electron chi connectivity index (χ0n) is 13.9. The molecule has 0 radical (unpaired) electrons. The zero-order valence-corrected chi connectivity index (χ0v) is 15.5. The number of aromatic nitrogens is 2. The summed E-state index contributed by atoms with van der Waals surface area (Å²) >= 11 is 0.822. The van der Waals surface area contributed by atoms with E-state index in [0.717, 1.165) is 22.5 Å². The third-order valence-corrected chi connectivity index (χ3v) is 6.12. The third kappa shape index (κ3) is 4.37. The number of hydrogen-bond acceptors (Lipinski definition) is 6. The second-order valence-electron chi connectivity index (χ2n) is 5.72. The van der Waals surface area contributed by atoms with E-state index in [1.54, 1.807) is 20.8 Å². The summed E-state index contributed by atoms with van der Waals surface area (Å²) < 4.78 is 27.3. The highest BCUT2D eigenvalue weighted by atomic mass is 32.2. The van der Waals surface area contributed by atoms with Gasteiger partial charge in [-0.15, -0.1) is 10.2 Å². The van der Waals surface area contributed by atoms with Gasteiger partial charge in [0.25, 0.3) is 10.0 Å². The topological polar surface area (TPSA) is 101 Å². The standard InChI is InChI=1S/C15H20N4O3S2/c1-9(2)13(20)16-14-17-18-15(23-14)24(21,22)19-11(4)12-8-6-5-7-10(12)3/h5-9,11,19H,1-4H3,(H,16,17,20). The van der Waals surface area contributed by atoms with Gasteiger partial charge in [-0.05, 0) is 25.0 Å². The number of amides is 1. The number of nitrogens with zero attached hydrogens (tertiary/aromatic N) is 2. The molecule has 0 aliphatic rings. The Morgan fingerprint density at radius 3 is 2.46 bits per heavy atom. The van der Waals surface area contributed by atoms with Crippen molar-refractivity contribution in [3.05, 3.63) is 35.4 Å². The fourth-order valence-corrected chi connectivity index (χ4v) is 4.18. The Bertz CT molecular complexity index is 831. The van der Waals surface area contributed by atoms with Gasteiger partial charge in [-0.25, -0.2) is 13.1 Å². The molecule has 0 saturated heterocycles. The SMILES string of the molecule is Cc1ccccc1C(C)NS(=O)(=O)c1nnc(NC(=O)C(C)C)s1. The van der Waals surface area contributed by atoms with Crippen molar-refractivity contribution in [3.63, 3.8) is 0 Å². The first-order valence-electron chi connectivity index (χ1n) is 7.43. The minimum absolute atomic E-state index is 0.164. The molecule has 0 spiro atoms. The Labute approximate surface area is 145 Å². The van der Waals surface area contributed by atoms with Crippen LogP contribution in [0.3, 0.4) is 0 Å². The molecule has 0 fully saturated rings. The van der Waals surface area contributed by atoms with E-state index >= 15 is 0 Å². The van der Waals surface area contributed by atoms with Gasteiger partial charge in [0.2, 0.25) is 15.4 Å². The van der Waals surface area contributed by atoms with Crippen LogP contribution in [0, 0.1) is 12.8 Å². The zero-order chi connectivity index (χ0) is 17.9. The molecule has 1 aromatic carbocycles. The van der Waals surface area contributed by atoms with Gasteiger partial charge in [-0.1, -0.05) is 49.4 Å². The minimum atomic E-state index is -3.82. The average molecular weight is 368 g/mol. The smallest absolute Gasteiger partial charge is 0.270 e. The molecule has 1 amide bonds. The van der Waals surface area contributed by atoms with Crippen molar-refractivity contribution in [3.8, 4) is 0 Å². The molecule has 0 aliphatic heterocycles. The van der Waals surface area contributed by atoms with Gasteiger partial charge in [0.15, 0.2) is 0 Å². The molecule has 1 heterocycles. The summed E-state index contributed by atoms with van der Waals surface area (Å²) in [5, 5.41) is 10.1. The number of rotatable bonds is 6. The van der Waals surface area contributed by atoms with Crippen LogP contribution in [0.1, 0.15) is 37.9 Å². The van der Waals surface area contributed by atoms with E-state index in [4.69, 9.17) is 0 Å². The predicted octanol–water partition coefficient (Wildman–Crippen LogP) is 2.48. The van der Waals surface area contributed by atoms with Crippen molar-refractivity contribution in [1.82, 2.24) is 14.9 Å². The summed E-state index contributed by atoms with van der Waals surface area (Å²) in [6, 6.07) is 7.14. The number of nitrogens with one attached hydrogen (secondary N) is 2. The quantitative estimate of drug-likeness (QED) is 0.763. The van der Waals surface area contributed by atoms with Gasteiger partial charge in [-0.2, -0.15) is 0 Å². The summed E-state index contributed by atoms with van der Waals surface area (Å²) in [5.41, 5.74) is 1.88. The molecule has 2 N–H and O–H groups in total. The Morgan fingerprint density at radius 1 is 1.17 bits per heavy atom. The number of carbonyl (C=O) groups excluding carboxylic acids is 1. The maximum absolute atomic E-state index is 12.4. The molecular weight excluding hydrogens is 348 g/mol. The molecule has 1 unspecified atom stereocenters. The van der Waals surface area contributed by atoms with Crippen molar-refractivity contribution < 1.29 is 13.2 Å². The highest BCUT2D eigenvalue weighted by molar-refractivity contribution is 7.91. The molecule has 2 rings (SSSR count). The summed E-state index contributed by atoms with van der Waals surface area (Å²) in [4.78, 5) is 11.6. The van der Waals surface area contributed by atoms with Crippen LogP contribution in [-0.2, 0) is 14.8 Å². The van der Waals surface area contributed by atoms with E-state index in [1.807, 2.05) is 31.2 Å². The Hall–Kier alpha value is -1.84. The summed E-state index contributed by atoms with van der Waals surface area (Å²) in [6.07, 6.45) is 0. The van der Waals surface area contributed by atoms with Crippen LogP contribution >= 0.6 is 11.3 Å². The van der Waals surface area contributed by atoms with Crippen molar-refractivity contribution in [1.29, 1.82) is 0 Å². The lowest BCUT2D eigenvalue weighted by atomic mass is 10.0. The number of carbonyl (C=O) groups is 1. The van der Waals surface area contributed by atoms with E-state index in [2.05, 4.69) is 20.2 Å². The minimum Gasteiger partial charge on any atom is -0.300 e. The third-order valence-electron chi connectivity index (χ3n) is 3.38. The molecule has 7 nitrogen and oxygen atoms in total. The van der Waals surface area contributed by atoms with Gasteiger partial charge < -0.3 is 5.32 Å². The lowest BCUT2D eigenvalue weighted by Gasteiger charge is -2.15. The highest BCUT2D eigenvalue weighted by Gasteiger charge is 2.24. The number of aryl methyl sites for hydroxylation is 1. The Balaban J connectivity index is 2.15. The molecule has 9 heteroatoms. The van der Waals surface area contributed by atoms with Gasteiger partial charge in [0.1, 0.15) is 0 Å². The molecule has 0 saturated carbocycles. The molecule has 1 aromatic heterocycles. The van der Waals surface area contributed by atoms with Crippen molar-refractivity contribution in [2.75, 3.05) is 5.32 Å². The number of anilines is 1. The van der Waals surface area contributed by atoms with Crippen LogP contribution in [-0.4, -0.2) is 24.5 Å². The summed E-state index contributed by atoms with van der Waals surface area (Å²) in [5.74, 6) is -0.468. The van der Waals surface area contributed by atoms with Crippen molar-refractivity contribution >= 4 is 32.4 Å². The van der Waals surface area contributed by atoms with Gasteiger partial charge in [0.05, 0.1) is 0 Å². The maximum atomic E-state index is 12.4. The number of sulfonamides is 1. The van der Waals surface area contributed by atoms with Crippen molar-refractivity contribution in [2.24, 2.45) is 5.92 Å². The largest absolute Gasteiger partial charge is 0.300 e. The lowest BCUT2D eigenvalue weighted by Crippen LogP contribution is -2.27. The van der Waals surface area contributed by atoms with Crippen molar-refractivity contribution in [2.45, 2.75) is 38.1 Å². The second-order valence-corrected chi connectivity index (χ2v) is 8.58. The monoisotopic (exact) mass is 368 g/mol. The molecule has 0 aliphatic carbocycles. The predicted molar refractivity (Wildman–Crippen MR) is 93.3 cm³/mol. The van der Waals surface area contributed by atoms with E-state index in [0.29, 0.717) is 0 Å². The first-order chi connectivity index (χ1) is 11.2. The van der Waals surface area contributed by atoms with Crippen LogP contribution in [0.25, 0.3) is 0 Å².